The van der Waals surface area contributed by atoms with Gasteiger partial charge in [0.15, 0.2) is 5.69 Å². The lowest BCUT2D eigenvalue weighted by Crippen LogP contribution is -2.32. The fourth-order valence-corrected chi connectivity index (χ4v) is 5.33. The summed E-state index contributed by atoms with van der Waals surface area (Å²) in [6.45, 7) is 7.52. The first-order valence-corrected chi connectivity index (χ1v) is 12.0. The van der Waals surface area contributed by atoms with Gasteiger partial charge < -0.3 is 4.57 Å². The van der Waals surface area contributed by atoms with Crippen LogP contribution in [0, 0.1) is 5.41 Å². The zero-order valence-electron chi connectivity index (χ0n) is 18.5. The number of nitrogens with one attached hydrogen (secondary N) is 1. The van der Waals surface area contributed by atoms with E-state index in [2.05, 4.69) is 35.0 Å². The summed E-state index contributed by atoms with van der Waals surface area (Å²) in [6, 6.07) is 8.36. The molecule has 1 aliphatic carbocycles. The topological polar surface area (TPSA) is 46.9 Å². The monoisotopic (exact) mass is 463 g/mol. The lowest BCUT2D eigenvalue weighted by Gasteiger charge is -2.24. The van der Waals surface area contributed by atoms with Gasteiger partial charge in [0, 0.05) is 47.2 Å². The number of pyridine rings is 1. The van der Waals surface area contributed by atoms with E-state index in [4.69, 9.17) is 0 Å². The molecule has 2 heterocycles. The fourth-order valence-electron chi connectivity index (χ4n) is 4.03. The van der Waals surface area contributed by atoms with Gasteiger partial charge in [0.1, 0.15) is 0 Å². The Labute approximate surface area is 188 Å². The Hall–Kier alpha value is -2.19. The summed E-state index contributed by atoms with van der Waals surface area (Å²) < 4.78 is 58.2. The molecule has 0 aliphatic heterocycles. The maximum atomic E-state index is 13.5. The molecule has 0 radical (unpaired) electrons. The van der Waals surface area contributed by atoms with Crippen molar-refractivity contribution in [2.24, 2.45) is 5.41 Å². The van der Waals surface area contributed by atoms with Gasteiger partial charge in [0.25, 0.3) is 0 Å². The van der Waals surface area contributed by atoms with E-state index in [1.54, 1.807) is 12.1 Å². The third-order valence-corrected chi connectivity index (χ3v) is 7.26. The fraction of sp³-hybridized carbons (Fsp3) is 0.458. The van der Waals surface area contributed by atoms with Gasteiger partial charge in [-0.05, 0) is 41.5 Å². The van der Waals surface area contributed by atoms with E-state index in [1.165, 1.54) is 18.3 Å². The Bertz CT molecular complexity index is 1140. The van der Waals surface area contributed by atoms with E-state index in [0.717, 1.165) is 35.7 Å². The number of nitrogens with zero attached hydrogens (tertiary/aromatic N) is 2. The molecule has 1 fully saturated rings. The van der Waals surface area contributed by atoms with Crippen LogP contribution in [0.2, 0.25) is 0 Å². The maximum Gasteiger partial charge on any atom is 0.433 e. The van der Waals surface area contributed by atoms with Gasteiger partial charge in [0.05, 0.1) is 11.0 Å². The molecule has 4 nitrogen and oxygen atoms in total. The average Bonchev–Trinajstić information content (AvgIpc) is 2.99. The highest BCUT2D eigenvalue weighted by Crippen LogP contribution is 2.37. The first-order chi connectivity index (χ1) is 15.0. The van der Waals surface area contributed by atoms with Crippen LogP contribution in [-0.4, -0.2) is 19.0 Å². The summed E-state index contributed by atoms with van der Waals surface area (Å²) in [5.74, 6) is 0. The average molecular weight is 464 g/mol. The number of halogens is 3. The lowest BCUT2D eigenvalue weighted by atomic mass is 9.96. The summed E-state index contributed by atoms with van der Waals surface area (Å²) in [7, 11) is -1.07. The summed E-state index contributed by atoms with van der Waals surface area (Å²) in [4.78, 5) is 3.60. The molecular formula is C24H28F3N3OS. The Morgan fingerprint density at radius 2 is 1.94 bits per heavy atom. The van der Waals surface area contributed by atoms with Crippen LogP contribution < -0.4 is 4.72 Å². The Balaban J connectivity index is 1.74. The molecule has 0 amide bonds. The molecule has 32 heavy (non-hydrogen) atoms. The summed E-state index contributed by atoms with van der Waals surface area (Å²) in [5.41, 5.74) is 1.49. The quantitative estimate of drug-likeness (QED) is 0.482. The van der Waals surface area contributed by atoms with E-state index in [-0.39, 0.29) is 16.2 Å². The molecule has 0 saturated heterocycles. The van der Waals surface area contributed by atoms with Crippen LogP contribution in [0.5, 0.6) is 0 Å². The molecule has 3 aromatic rings. The number of benzene rings is 1. The molecule has 0 spiro atoms. The van der Waals surface area contributed by atoms with Crippen LogP contribution in [0.4, 0.5) is 13.2 Å². The molecule has 1 saturated carbocycles. The van der Waals surface area contributed by atoms with Gasteiger partial charge in [-0.15, -0.1) is 0 Å². The molecular weight excluding hydrogens is 435 g/mol. The third-order valence-electron chi connectivity index (χ3n) is 5.76. The Morgan fingerprint density at radius 3 is 2.56 bits per heavy atom. The highest BCUT2D eigenvalue weighted by Gasteiger charge is 2.35. The SMILES string of the molecule is CC(C)(C)Cn1cc(CNS(=O)C2CCC2)c2ccc(-c3cccnc3C(F)(F)F)cc21. The third kappa shape index (κ3) is 4.91. The van der Waals surface area contributed by atoms with E-state index < -0.39 is 22.9 Å². The number of rotatable bonds is 6. The number of fused-ring (bicyclic) bond motifs is 1. The van der Waals surface area contributed by atoms with Crippen molar-refractivity contribution in [2.45, 2.75) is 64.5 Å². The van der Waals surface area contributed by atoms with Crippen molar-refractivity contribution >= 4 is 21.9 Å². The zero-order valence-corrected chi connectivity index (χ0v) is 19.3. The molecule has 1 aromatic carbocycles. The number of hydrogen-bond acceptors (Lipinski definition) is 2. The second-order valence-corrected chi connectivity index (χ2v) is 11.2. The van der Waals surface area contributed by atoms with Crippen molar-refractivity contribution in [3.8, 4) is 11.1 Å². The number of aromatic nitrogens is 2. The minimum Gasteiger partial charge on any atom is -0.347 e. The molecule has 1 unspecified atom stereocenters. The highest BCUT2D eigenvalue weighted by molar-refractivity contribution is 7.83. The Morgan fingerprint density at radius 1 is 1.19 bits per heavy atom. The summed E-state index contributed by atoms with van der Waals surface area (Å²) >= 11 is 0. The van der Waals surface area contributed by atoms with Crippen LogP contribution in [0.3, 0.4) is 0 Å². The number of hydrogen-bond donors (Lipinski definition) is 1. The minimum atomic E-state index is -4.53. The van der Waals surface area contributed by atoms with Gasteiger partial charge in [0.2, 0.25) is 0 Å². The molecule has 0 bridgehead atoms. The number of alkyl halides is 3. The van der Waals surface area contributed by atoms with Crippen LogP contribution in [-0.2, 0) is 30.3 Å². The molecule has 1 N–H and O–H groups in total. The lowest BCUT2D eigenvalue weighted by molar-refractivity contribution is -0.140. The zero-order chi connectivity index (χ0) is 23.1. The van der Waals surface area contributed by atoms with Crippen molar-refractivity contribution in [1.82, 2.24) is 14.3 Å². The predicted octanol–water partition coefficient (Wildman–Crippen LogP) is 6.07. The predicted molar refractivity (Wildman–Crippen MR) is 122 cm³/mol. The van der Waals surface area contributed by atoms with E-state index in [9.17, 15) is 17.4 Å². The Kier molecular flexibility index (Phi) is 6.20. The largest absolute Gasteiger partial charge is 0.433 e. The van der Waals surface area contributed by atoms with E-state index in [1.807, 2.05) is 12.3 Å². The van der Waals surface area contributed by atoms with Crippen molar-refractivity contribution in [3.63, 3.8) is 0 Å². The maximum absolute atomic E-state index is 13.5. The minimum absolute atomic E-state index is 0.0210. The van der Waals surface area contributed by atoms with Crippen LogP contribution in [0.1, 0.15) is 51.3 Å². The van der Waals surface area contributed by atoms with Gasteiger partial charge in [-0.25, -0.2) is 8.93 Å². The van der Waals surface area contributed by atoms with Crippen LogP contribution in [0.15, 0.2) is 42.7 Å². The van der Waals surface area contributed by atoms with E-state index in [0.29, 0.717) is 18.7 Å². The van der Waals surface area contributed by atoms with E-state index >= 15 is 0 Å². The van der Waals surface area contributed by atoms with Gasteiger partial charge in [-0.3, -0.25) is 4.98 Å². The molecule has 4 rings (SSSR count). The summed E-state index contributed by atoms with van der Waals surface area (Å²) in [6.07, 6.45) is 1.76. The van der Waals surface area contributed by atoms with Gasteiger partial charge >= 0.3 is 6.18 Å². The molecule has 172 valence electrons. The first-order valence-electron chi connectivity index (χ1n) is 10.8. The van der Waals surface area contributed by atoms with Crippen molar-refractivity contribution in [1.29, 1.82) is 0 Å². The van der Waals surface area contributed by atoms with Gasteiger partial charge in [-0.1, -0.05) is 45.4 Å². The highest BCUT2D eigenvalue weighted by atomic mass is 32.2. The first kappa shape index (κ1) is 23.0. The van der Waals surface area contributed by atoms with Crippen molar-refractivity contribution in [2.75, 3.05) is 0 Å². The standard InChI is InChI=1S/C24H28F3N3OS/c1-23(2,3)15-30-14-17(13-29-32(31)18-6-4-7-18)19-10-9-16(12-21(19)30)20-8-5-11-28-22(20)24(25,26)27/h5,8-12,14,18,29H,4,6-7,13,15H2,1-3H3. The molecule has 8 heteroatoms. The smallest absolute Gasteiger partial charge is 0.347 e. The van der Waals surface area contributed by atoms with Crippen LogP contribution in [0.25, 0.3) is 22.0 Å². The van der Waals surface area contributed by atoms with Crippen molar-refractivity contribution in [3.05, 3.63) is 54.0 Å². The normalized spacial score (nSPS) is 16.3. The molecule has 2 aromatic heterocycles. The molecule has 1 aliphatic rings. The second kappa shape index (κ2) is 8.63. The molecule has 1 atom stereocenters. The second-order valence-electron chi connectivity index (χ2n) is 9.64. The van der Waals surface area contributed by atoms with Crippen molar-refractivity contribution < 1.29 is 17.4 Å². The summed E-state index contributed by atoms with van der Waals surface area (Å²) in [5, 5.41) is 1.17. The van der Waals surface area contributed by atoms with Crippen LogP contribution >= 0.6 is 0 Å². The van der Waals surface area contributed by atoms with Gasteiger partial charge in [-0.2, -0.15) is 13.2 Å².